The minimum absolute atomic E-state index is 0.525. The minimum atomic E-state index is 0.525. The summed E-state index contributed by atoms with van der Waals surface area (Å²) in [6.07, 6.45) is 3.60. The van der Waals surface area contributed by atoms with Gasteiger partial charge in [0.25, 0.3) is 0 Å². The Morgan fingerprint density at radius 3 is 2.74 bits per heavy atom. The summed E-state index contributed by atoms with van der Waals surface area (Å²) in [5, 5.41) is 17.8. The quantitative estimate of drug-likeness (QED) is 0.266. The summed E-state index contributed by atoms with van der Waals surface area (Å²) in [5.41, 5.74) is 5.64. The van der Waals surface area contributed by atoms with Crippen LogP contribution in [-0.2, 0) is 0 Å². The molecule has 2 N–H and O–H groups in total. The van der Waals surface area contributed by atoms with Gasteiger partial charge in [0, 0.05) is 39.2 Å². The van der Waals surface area contributed by atoms with E-state index in [0.29, 0.717) is 12.2 Å². The van der Waals surface area contributed by atoms with E-state index in [9.17, 15) is 5.26 Å². The molecule has 3 aromatic carbocycles. The van der Waals surface area contributed by atoms with Crippen molar-refractivity contribution >= 4 is 54.6 Å². The molecule has 0 fully saturated rings. The maximum Gasteiger partial charge on any atom is 0.126 e. The first-order chi connectivity index (χ1) is 17.1. The molecular weight excluding hydrogens is 452 g/mol. The molecule has 0 radical (unpaired) electrons. The molecule has 6 aromatic rings. The van der Waals surface area contributed by atoms with E-state index in [1.165, 1.54) is 0 Å². The number of hydrogen-bond acceptors (Lipinski definition) is 5. The molecule has 3 heterocycles. The van der Waals surface area contributed by atoms with Crippen molar-refractivity contribution in [1.29, 1.82) is 5.26 Å². The fourth-order valence-electron chi connectivity index (χ4n) is 4.54. The SMILES string of the molecule is CCOc1ccc2cc(-c3cc4c(Nc5ccc6[nH]ccc6c5C)c(C#N)cnc4s3)ccc2c1. The highest BCUT2D eigenvalue weighted by Crippen LogP contribution is 2.40. The summed E-state index contributed by atoms with van der Waals surface area (Å²) < 4.78 is 5.64. The predicted molar refractivity (Wildman–Crippen MR) is 145 cm³/mol. The topological polar surface area (TPSA) is 73.7 Å². The summed E-state index contributed by atoms with van der Waals surface area (Å²) in [4.78, 5) is 9.85. The molecule has 0 aliphatic carbocycles. The van der Waals surface area contributed by atoms with Crippen molar-refractivity contribution in [2.24, 2.45) is 0 Å². The second-order valence-corrected chi connectivity index (χ2v) is 9.48. The van der Waals surface area contributed by atoms with Gasteiger partial charge in [-0.25, -0.2) is 4.98 Å². The highest BCUT2D eigenvalue weighted by Gasteiger charge is 2.15. The van der Waals surface area contributed by atoms with Gasteiger partial charge in [-0.05, 0) is 78.2 Å². The van der Waals surface area contributed by atoms with Gasteiger partial charge in [0.2, 0.25) is 0 Å². The first-order valence-electron chi connectivity index (χ1n) is 11.5. The Balaban J connectivity index is 1.44. The van der Waals surface area contributed by atoms with Crippen LogP contribution in [0.5, 0.6) is 5.75 Å². The first kappa shape index (κ1) is 21.2. The second kappa shape index (κ2) is 8.46. The zero-order valence-electron chi connectivity index (χ0n) is 19.3. The lowest BCUT2D eigenvalue weighted by atomic mass is 10.0. The first-order valence-corrected chi connectivity index (χ1v) is 12.3. The molecule has 0 saturated heterocycles. The normalized spacial score (nSPS) is 11.2. The van der Waals surface area contributed by atoms with Crippen LogP contribution in [0.1, 0.15) is 18.1 Å². The fraction of sp³-hybridized carbons (Fsp3) is 0.103. The molecular formula is C29H22N4OS. The number of nitrogens with zero attached hydrogens (tertiary/aromatic N) is 2. The molecule has 0 atom stereocenters. The number of rotatable bonds is 5. The van der Waals surface area contributed by atoms with Crippen molar-refractivity contribution in [2.45, 2.75) is 13.8 Å². The number of thiophene rings is 1. The molecule has 0 bridgehead atoms. The highest BCUT2D eigenvalue weighted by atomic mass is 32.1. The summed E-state index contributed by atoms with van der Waals surface area (Å²) in [7, 11) is 0. The Hall–Kier alpha value is -4.34. The van der Waals surface area contributed by atoms with E-state index in [2.05, 4.69) is 82.9 Å². The third kappa shape index (κ3) is 3.67. The number of aromatic amines is 1. The number of H-pyrrole nitrogens is 1. The van der Waals surface area contributed by atoms with Gasteiger partial charge in [0.1, 0.15) is 16.6 Å². The molecule has 0 saturated carbocycles. The van der Waals surface area contributed by atoms with Crippen LogP contribution in [0.4, 0.5) is 11.4 Å². The van der Waals surface area contributed by atoms with Crippen LogP contribution in [0.2, 0.25) is 0 Å². The third-order valence-corrected chi connectivity index (χ3v) is 7.45. The summed E-state index contributed by atoms with van der Waals surface area (Å²) in [5.74, 6) is 0.881. The fourth-order valence-corrected chi connectivity index (χ4v) is 5.54. The predicted octanol–water partition coefficient (Wildman–Crippen LogP) is 7.92. The van der Waals surface area contributed by atoms with Gasteiger partial charge in [-0.3, -0.25) is 0 Å². The van der Waals surface area contributed by atoms with Crippen molar-refractivity contribution in [3.8, 4) is 22.3 Å². The van der Waals surface area contributed by atoms with Gasteiger partial charge in [-0.15, -0.1) is 11.3 Å². The summed E-state index contributed by atoms with van der Waals surface area (Å²) in [6.45, 7) is 4.73. The van der Waals surface area contributed by atoms with E-state index >= 15 is 0 Å². The maximum atomic E-state index is 9.82. The Morgan fingerprint density at radius 2 is 1.89 bits per heavy atom. The van der Waals surface area contributed by atoms with E-state index in [4.69, 9.17) is 4.74 Å². The van der Waals surface area contributed by atoms with Crippen LogP contribution in [0.25, 0.3) is 42.3 Å². The highest BCUT2D eigenvalue weighted by molar-refractivity contribution is 7.22. The largest absolute Gasteiger partial charge is 0.494 e. The Kier molecular flexibility index (Phi) is 5.13. The maximum absolute atomic E-state index is 9.82. The molecule has 6 heteroatoms. The molecule has 3 aromatic heterocycles. The number of anilines is 2. The standard InChI is InChI=1S/C29H22N4OS/c1-3-34-22-7-6-18-12-20(5-4-19(18)13-22)27-14-24-28(21(15-30)16-32-29(24)35-27)33-25-8-9-26-23(17(25)2)10-11-31-26/h4-14,16,31H,3H2,1-2H3,(H,32,33). The van der Waals surface area contributed by atoms with Crippen molar-refractivity contribution < 1.29 is 4.74 Å². The number of aromatic nitrogens is 2. The number of nitriles is 1. The van der Waals surface area contributed by atoms with Crippen LogP contribution in [0.15, 0.2) is 73.1 Å². The Labute approximate surface area is 206 Å². The van der Waals surface area contributed by atoms with Gasteiger partial charge in [0.15, 0.2) is 0 Å². The smallest absolute Gasteiger partial charge is 0.126 e. The average molecular weight is 475 g/mol. The zero-order chi connectivity index (χ0) is 23.9. The monoisotopic (exact) mass is 474 g/mol. The van der Waals surface area contributed by atoms with Crippen LogP contribution in [0.3, 0.4) is 0 Å². The molecule has 0 aliphatic rings. The van der Waals surface area contributed by atoms with Crippen LogP contribution < -0.4 is 10.1 Å². The van der Waals surface area contributed by atoms with Gasteiger partial charge < -0.3 is 15.0 Å². The van der Waals surface area contributed by atoms with E-state index in [0.717, 1.165) is 65.0 Å². The number of fused-ring (bicyclic) bond motifs is 3. The minimum Gasteiger partial charge on any atom is -0.494 e. The van der Waals surface area contributed by atoms with Crippen molar-refractivity contribution in [2.75, 3.05) is 11.9 Å². The van der Waals surface area contributed by atoms with Gasteiger partial charge >= 0.3 is 0 Å². The summed E-state index contributed by atoms with van der Waals surface area (Å²) >= 11 is 1.63. The molecule has 0 spiro atoms. The molecule has 35 heavy (non-hydrogen) atoms. The second-order valence-electron chi connectivity index (χ2n) is 8.45. The van der Waals surface area contributed by atoms with E-state index in [1.54, 1.807) is 17.5 Å². The molecule has 0 unspecified atom stereocenters. The number of ether oxygens (including phenoxy) is 1. The van der Waals surface area contributed by atoms with E-state index in [-0.39, 0.29) is 0 Å². The Morgan fingerprint density at radius 1 is 1.03 bits per heavy atom. The number of pyridine rings is 1. The molecule has 0 amide bonds. The number of nitrogens with one attached hydrogen (secondary N) is 2. The van der Waals surface area contributed by atoms with Crippen molar-refractivity contribution in [3.63, 3.8) is 0 Å². The van der Waals surface area contributed by atoms with Gasteiger partial charge in [0.05, 0.1) is 17.9 Å². The lowest BCUT2D eigenvalue weighted by Gasteiger charge is -2.12. The molecule has 6 rings (SSSR count). The van der Waals surface area contributed by atoms with Crippen LogP contribution in [0, 0.1) is 18.3 Å². The van der Waals surface area contributed by atoms with Crippen molar-refractivity contribution in [3.05, 3.63) is 84.2 Å². The third-order valence-electron chi connectivity index (χ3n) is 6.35. The summed E-state index contributed by atoms with van der Waals surface area (Å²) in [6, 6.07) is 23.2. The van der Waals surface area contributed by atoms with Gasteiger partial charge in [-0.2, -0.15) is 5.26 Å². The van der Waals surface area contributed by atoms with Crippen molar-refractivity contribution in [1.82, 2.24) is 9.97 Å². The number of benzene rings is 3. The molecule has 0 aliphatic heterocycles. The Bertz CT molecular complexity index is 1770. The van der Waals surface area contributed by atoms with E-state index in [1.807, 2.05) is 19.2 Å². The van der Waals surface area contributed by atoms with Crippen LogP contribution in [-0.4, -0.2) is 16.6 Å². The van der Waals surface area contributed by atoms with E-state index < -0.39 is 0 Å². The average Bonchev–Trinajstić information content (AvgIpc) is 3.53. The number of aryl methyl sites for hydroxylation is 1. The number of hydrogen-bond donors (Lipinski definition) is 2. The van der Waals surface area contributed by atoms with Crippen LogP contribution >= 0.6 is 11.3 Å². The molecule has 170 valence electrons. The van der Waals surface area contributed by atoms with Gasteiger partial charge in [-0.1, -0.05) is 18.2 Å². The zero-order valence-corrected chi connectivity index (χ0v) is 20.2. The lowest BCUT2D eigenvalue weighted by Crippen LogP contribution is -1.97. The molecule has 5 nitrogen and oxygen atoms in total. The lowest BCUT2D eigenvalue weighted by molar-refractivity contribution is 0.341.